The van der Waals surface area contributed by atoms with E-state index in [0.29, 0.717) is 31.3 Å². The first-order chi connectivity index (χ1) is 18.7. The topological polar surface area (TPSA) is 137 Å². The largest absolute Gasteiger partial charge is 0.383 e. The number of rotatable bonds is 8. The number of nitrogens with zero attached hydrogens (tertiary/aromatic N) is 4. The number of amides is 2. The van der Waals surface area contributed by atoms with Crippen LogP contribution in [-0.2, 0) is 16.1 Å². The molecule has 5 heterocycles. The second kappa shape index (κ2) is 11.2. The number of carbonyl (C=O) groups excluding carboxylic acids is 2. The van der Waals surface area contributed by atoms with E-state index in [9.17, 15) is 18.4 Å². The van der Waals surface area contributed by atoms with Gasteiger partial charge in [0.2, 0.25) is 0 Å². The molecule has 2 aromatic heterocycles. The maximum absolute atomic E-state index is 13.3. The molecule has 2 amide bonds. The van der Waals surface area contributed by atoms with Gasteiger partial charge in [-0.05, 0) is 6.07 Å². The summed E-state index contributed by atoms with van der Waals surface area (Å²) in [6.45, 7) is 2.49. The van der Waals surface area contributed by atoms with Crippen LogP contribution in [0, 0.1) is 5.41 Å². The van der Waals surface area contributed by atoms with Gasteiger partial charge in [0.25, 0.3) is 17.7 Å². The van der Waals surface area contributed by atoms with Crippen LogP contribution in [0.2, 0.25) is 0 Å². The SMILES string of the molecule is COCCn1cc(C2=CN/C(=C3\C(=N)c4ncc(C(=O)NCCN5CCC(F)(F)CC5)cc4NC3=O)S2)cn1. The summed E-state index contributed by atoms with van der Waals surface area (Å²) in [7, 11) is 1.63. The number of hydrogen-bond donors (Lipinski definition) is 4. The van der Waals surface area contributed by atoms with Gasteiger partial charge in [-0.15, -0.1) is 0 Å². The van der Waals surface area contributed by atoms with Gasteiger partial charge in [-0.25, -0.2) is 8.78 Å². The predicted molar refractivity (Wildman–Crippen MR) is 142 cm³/mol. The van der Waals surface area contributed by atoms with Gasteiger partial charge in [-0.2, -0.15) is 5.10 Å². The number of likely N-dealkylation sites (tertiary alicyclic amines) is 1. The first kappa shape index (κ1) is 27.0. The molecule has 1 saturated heterocycles. The van der Waals surface area contributed by atoms with E-state index >= 15 is 0 Å². The third kappa shape index (κ3) is 6.02. The zero-order valence-electron chi connectivity index (χ0n) is 21.2. The molecule has 0 atom stereocenters. The van der Waals surface area contributed by atoms with Crippen LogP contribution < -0.4 is 16.0 Å². The molecule has 0 spiro atoms. The molecular formula is C25H28F2N8O3S. The van der Waals surface area contributed by atoms with Crippen LogP contribution in [0.4, 0.5) is 14.5 Å². The molecule has 14 heteroatoms. The Kier molecular flexibility index (Phi) is 7.77. The van der Waals surface area contributed by atoms with Crippen molar-refractivity contribution in [2.75, 3.05) is 45.2 Å². The number of halogens is 2. The minimum atomic E-state index is -2.61. The molecule has 39 heavy (non-hydrogen) atoms. The fraction of sp³-hybridized carbons (Fsp3) is 0.400. The second-order valence-corrected chi connectivity index (χ2v) is 10.4. The minimum Gasteiger partial charge on any atom is -0.383 e. The summed E-state index contributed by atoms with van der Waals surface area (Å²) in [6.07, 6.45) is 6.38. The number of fused-ring (bicyclic) bond motifs is 1. The van der Waals surface area contributed by atoms with Crippen molar-refractivity contribution in [3.63, 3.8) is 0 Å². The van der Waals surface area contributed by atoms with Crippen molar-refractivity contribution in [2.24, 2.45) is 0 Å². The lowest BCUT2D eigenvalue weighted by atomic mass is 10.0. The van der Waals surface area contributed by atoms with Crippen LogP contribution in [-0.4, -0.2) is 83.0 Å². The molecule has 11 nitrogen and oxygen atoms in total. The molecule has 0 radical (unpaired) electrons. The van der Waals surface area contributed by atoms with Crippen molar-refractivity contribution in [2.45, 2.75) is 25.3 Å². The Balaban J connectivity index is 1.21. The number of methoxy groups -OCH3 is 1. The average Bonchev–Trinajstić information content (AvgIpc) is 3.58. The van der Waals surface area contributed by atoms with Crippen molar-refractivity contribution in [1.82, 2.24) is 30.3 Å². The normalized spacial score (nSPS) is 20.7. The fourth-order valence-electron chi connectivity index (χ4n) is 4.41. The van der Waals surface area contributed by atoms with E-state index in [1.807, 2.05) is 11.1 Å². The molecule has 0 bridgehead atoms. The lowest BCUT2D eigenvalue weighted by Gasteiger charge is -2.31. The maximum Gasteiger partial charge on any atom is 0.260 e. The molecule has 5 rings (SSSR count). The van der Waals surface area contributed by atoms with Crippen LogP contribution in [0.1, 0.15) is 34.5 Å². The van der Waals surface area contributed by atoms with Gasteiger partial charge >= 0.3 is 0 Å². The second-order valence-electron chi connectivity index (χ2n) is 9.35. The van der Waals surface area contributed by atoms with Crippen LogP contribution in [0.15, 0.2) is 41.5 Å². The van der Waals surface area contributed by atoms with Crippen LogP contribution in [0.5, 0.6) is 0 Å². The van der Waals surface area contributed by atoms with E-state index in [1.54, 1.807) is 24.2 Å². The van der Waals surface area contributed by atoms with Crippen molar-refractivity contribution in [3.05, 3.63) is 58.3 Å². The molecule has 0 aliphatic carbocycles. The van der Waals surface area contributed by atoms with Gasteiger partial charge in [0.15, 0.2) is 0 Å². The van der Waals surface area contributed by atoms with Crippen LogP contribution >= 0.6 is 11.8 Å². The monoisotopic (exact) mass is 558 g/mol. The summed E-state index contributed by atoms with van der Waals surface area (Å²) in [5, 5.41) is 22.1. The zero-order valence-corrected chi connectivity index (χ0v) is 22.0. The highest BCUT2D eigenvalue weighted by Gasteiger charge is 2.34. The van der Waals surface area contributed by atoms with Gasteiger partial charge in [-0.3, -0.25) is 24.7 Å². The van der Waals surface area contributed by atoms with Crippen molar-refractivity contribution < 1.29 is 23.1 Å². The highest BCUT2D eigenvalue weighted by atomic mass is 32.2. The van der Waals surface area contributed by atoms with Gasteiger partial charge in [0.05, 0.1) is 46.9 Å². The maximum atomic E-state index is 13.3. The number of piperidine rings is 1. The number of anilines is 1. The number of thioether (sulfide) groups is 1. The van der Waals surface area contributed by atoms with E-state index in [-0.39, 0.29) is 54.2 Å². The van der Waals surface area contributed by atoms with Gasteiger partial charge < -0.3 is 25.6 Å². The Labute approximate surface area is 227 Å². The van der Waals surface area contributed by atoms with Crippen molar-refractivity contribution >= 4 is 39.9 Å². The Hall–Kier alpha value is -3.62. The van der Waals surface area contributed by atoms with E-state index in [1.165, 1.54) is 24.0 Å². The summed E-state index contributed by atoms with van der Waals surface area (Å²) >= 11 is 1.32. The Morgan fingerprint density at radius 3 is 2.85 bits per heavy atom. The van der Waals surface area contributed by atoms with Crippen LogP contribution in [0.25, 0.3) is 4.91 Å². The quantitative estimate of drug-likeness (QED) is 0.362. The first-order valence-electron chi connectivity index (χ1n) is 12.4. The Morgan fingerprint density at radius 1 is 1.28 bits per heavy atom. The highest BCUT2D eigenvalue weighted by molar-refractivity contribution is 8.12. The summed E-state index contributed by atoms with van der Waals surface area (Å²) in [5.41, 5.74) is 1.73. The number of pyridine rings is 1. The van der Waals surface area contributed by atoms with E-state index in [4.69, 9.17) is 10.1 Å². The van der Waals surface area contributed by atoms with E-state index in [0.717, 1.165) is 10.5 Å². The zero-order chi connectivity index (χ0) is 27.6. The minimum absolute atomic E-state index is 0.0527. The summed E-state index contributed by atoms with van der Waals surface area (Å²) < 4.78 is 33.5. The van der Waals surface area contributed by atoms with Crippen LogP contribution in [0.3, 0.4) is 0 Å². The molecular weight excluding hydrogens is 530 g/mol. The molecule has 206 valence electrons. The number of carbonyl (C=O) groups is 2. The third-order valence-corrected chi connectivity index (χ3v) is 7.73. The molecule has 3 aliphatic rings. The highest BCUT2D eigenvalue weighted by Crippen LogP contribution is 2.40. The lowest BCUT2D eigenvalue weighted by molar-refractivity contribution is -0.112. The Morgan fingerprint density at radius 2 is 2.08 bits per heavy atom. The number of alkyl halides is 2. The lowest BCUT2D eigenvalue weighted by Crippen LogP contribution is -2.43. The smallest absolute Gasteiger partial charge is 0.260 e. The molecule has 3 aliphatic heterocycles. The van der Waals surface area contributed by atoms with Crippen molar-refractivity contribution in [1.29, 1.82) is 5.41 Å². The molecule has 0 aromatic carbocycles. The molecule has 2 aromatic rings. The summed E-state index contributed by atoms with van der Waals surface area (Å²) in [6, 6.07) is 1.49. The number of ether oxygens (including phenoxy) is 1. The van der Waals surface area contributed by atoms with E-state index < -0.39 is 17.7 Å². The van der Waals surface area contributed by atoms with Crippen molar-refractivity contribution in [3.8, 4) is 0 Å². The van der Waals surface area contributed by atoms with Gasteiger partial charge in [0.1, 0.15) is 5.69 Å². The average molecular weight is 559 g/mol. The molecule has 0 saturated carbocycles. The standard InChI is InChI=1S/C25H28F2N8O3S/c1-38-9-8-35-14-16(12-32-35)18-13-31-24(39-18)19-20(28)21-17(33-23(19)37)10-15(11-30-21)22(36)29-4-7-34-5-2-25(26,27)3-6-34/h10-14,28,31H,2-9H2,1H3,(H,29,36)(H,33,37)/b24-19-,28-20?. The first-order valence-corrected chi connectivity index (χ1v) is 13.3. The van der Waals surface area contributed by atoms with Gasteiger partial charge in [-0.1, -0.05) is 11.8 Å². The Bertz CT molecular complexity index is 1360. The molecule has 1 fully saturated rings. The number of nitrogens with one attached hydrogen (secondary N) is 4. The predicted octanol–water partition coefficient (Wildman–Crippen LogP) is 2.25. The fourth-order valence-corrected chi connectivity index (χ4v) is 5.39. The number of hydrogen-bond acceptors (Lipinski definition) is 9. The number of aromatic nitrogens is 3. The summed E-state index contributed by atoms with van der Waals surface area (Å²) in [5.74, 6) is -3.48. The van der Waals surface area contributed by atoms with Gasteiger partial charge in [0, 0.05) is 75.2 Å². The third-order valence-electron chi connectivity index (χ3n) is 6.63. The molecule has 4 N–H and O–H groups in total. The summed E-state index contributed by atoms with van der Waals surface area (Å²) in [4.78, 5) is 32.7. The molecule has 0 unspecified atom stereocenters. The van der Waals surface area contributed by atoms with E-state index in [2.05, 4.69) is 26.0 Å².